The molecule has 0 aromatic heterocycles. The van der Waals surface area contributed by atoms with Crippen molar-refractivity contribution in [2.45, 2.75) is 53.0 Å². The first-order valence-electron chi connectivity index (χ1n) is 8.43. The molecule has 1 saturated carbocycles. The minimum Gasteiger partial charge on any atom is -0.373 e. The van der Waals surface area contributed by atoms with Gasteiger partial charge in [-0.2, -0.15) is 0 Å². The summed E-state index contributed by atoms with van der Waals surface area (Å²) in [7, 11) is 0. The van der Waals surface area contributed by atoms with Crippen LogP contribution in [0.5, 0.6) is 0 Å². The van der Waals surface area contributed by atoms with Crippen LogP contribution in [0.3, 0.4) is 0 Å². The van der Waals surface area contributed by atoms with Crippen LogP contribution in [0.25, 0.3) is 0 Å². The van der Waals surface area contributed by atoms with Gasteiger partial charge in [0.25, 0.3) is 0 Å². The van der Waals surface area contributed by atoms with Crippen molar-refractivity contribution in [2.24, 2.45) is 23.7 Å². The van der Waals surface area contributed by atoms with Crippen LogP contribution in [0.4, 0.5) is 0 Å². The third kappa shape index (κ3) is 2.73. The first-order valence-corrected chi connectivity index (χ1v) is 8.43. The van der Waals surface area contributed by atoms with Gasteiger partial charge in [-0.3, -0.25) is 0 Å². The van der Waals surface area contributed by atoms with Crippen molar-refractivity contribution in [2.75, 3.05) is 6.54 Å². The molecule has 0 N–H and O–H groups in total. The van der Waals surface area contributed by atoms with Crippen molar-refractivity contribution in [3.8, 4) is 0 Å². The molecule has 0 bridgehead atoms. The Kier molecular flexibility index (Phi) is 3.79. The van der Waals surface area contributed by atoms with Gasteiger partial charge in [0.05, 0.1) is 0 Å². The van der Waals surface area contributed by atoms with Crippen molar-refractivity contribution >= 4 is 0 Å². The maximum Gasteiger partial charge on any atom is 0.0292 e. The van der Waals surface area contributed by atoms with Gasteiger partial charge in [-0.05, 0) is 63.4 Å². The molecule has 2 aliphatic carbocycles. The van der Waals surface area contributed by atoms with E-state index < -0.39 is 0 Å². The molecule has 0 aromatic rings. The minimum atomic E-state index is 0.610. The highest BCUT2D eigenvalue weighted by Crippen LogP contribution is 2.55. The first-order chi connectivity index (χ1) is 9.61. The minimum absolute atomic E-state index is 0.610. The molecule has 1 nitrogen and oxygen atoms in total. The summed E-state index contributed by atoms with van der Waals surface area (Å²) in [6.07, 6.45) is 13.6. The Balaban J connectivity index is 1.74. The predicted octanol–water partition coefficient (Wildman–Crippen LogP) is 4.78. The second-order valence-electron chi connectivity index (χ2n) is 7.05. The van der Waals surface area contributed by atoms with Gasteiger partial charge in [0, 0.05) is 24.2 Å². The molecular formula is C19H29N. The molecule has 3 aliphatic rings. The number of rotatable bonds is 1. The summed E-state index contributed by atoms with van der Waals surface area (Å²) in [6, 6.07) is 0.610. The fourth-order valence-electron chi connectivity index (χ4n) is 4.14. The quantitative estimate of drug-likeness (QED) is 0.663. The molecule has 1 fully saturated rings. The Labute approximate surface area is 124 Å². The van der Waals surface area contributed by atoms with Gasteiger partial charge in [0.2, 0.25) is 0 Å². The first kappa shape index (κ1) is 14.0. The second kappa shape index (κ2) is 5.42. The average Bonchev–Trinajstić information content (AvgIpc) is 3.29. The van der Waals surface area contributed by atoms with Crippen molar-refractivity contribution in [3.05, 3.63) is 35.6 Å². The molecule has 1 heterocycles. The highest BCUT2D eigenvalue weighted by molar-refractivity contribution is 5.39. The van der Waals surface area contributed by atoms with Gasteiger partial charge in [-0.15, -0.1) is 0 Å². The maximum absolute atomic E-state index is 2.56. The van der Waals surface area contributed by atoms with Gasteiger partial charge in [-0.25, -0.2) is 0 Å². The largest absolute Gasteiger partial charge is 0.373 e. The third-order valence-electron chi connectivity index (χ3n) is 5.80. The Morgan fingerprint density at radius 2 is 2.00 bits per heavy atom. The highest BCUT2D eigenvalue weighted by atomic mass is 15.2. The van der Waals surface area contributed by atoms with E-state index in [1.807, 2.05) is 0 Å². The zero-order valence-corrected chi connectivity index (χ0v) is 13.5. The maximum atomic E-state index is 2.56. The molecule has 3 unspecified atom stereocenters. The van der Waals surface area contributed by atoms with E-state index in [2.05, 4.69) is 56.9 Å². The Hall–Kier alpha value is -0.980. The summed E-state index contributed by atoms with van der Waals surface area (Å²) in [4.78, 5) is 2.56. The van der Waals surface area contributed by atoms with Crippen LogP contribution in [-0.4, -0.2) is 17.5 Å². The van der Waals surface area contributed by atoms with E-state index in [1.165, 1.54) is 18.5 Å². The van der Waals surface area contributed by atoms with Crippen molar-refractivity contribution in [1.29, 1.82) is 0 Å². The van der Waals surface area contributed by atoms with E-state index >= 15 is 0 Å². The SMILES string of the molecule is CCN1/C(C)=C\CC2C(C)[C@@H]2CC2C=C2/C=C\C[C@H]1C. The van der Waals surface area contributed by atoms with E-state index in [0.717, 1.165) is 36.6 Å². The molecule has 110 valence electrons. The summed E-state index contributed by atoms with van der Waals surface area (Å²) in [5, 5.41) is 0. The molecule has 0 spiro atoms. The Morgan fingerprint density at radius 3 is 2.75 bits per heavy atom. The molecule has 0 aromatic carbocycles. The molecular weight excluding hydrogens is 242 g/mol. The van der Waals surface area contributed by atoms with Gasteiger partial charge < -0.3 is 4.90 Å². The number of nitrogens with zero attached hydrogens (tertiary/aromatic N) is 1. The van der Waals surface area contributed by atoms with Crippen LogP contribution in [0.2, 0.25) is 0 Å². The van der Waals surface area contributed by atoms with Crippen LogP contribution in [0.15, 0.2) is 35.6 Å². The predicted molar refractivity (Wildman–Crippen MR) is 86.3 cm³/mol. The number of hydrogen-bond acceptors (Lipinski definition) is 1. The summed E-state index contributed by atoms with van der Waals surface area (Å²) in [5.41, 5.74) is 3.08. The number of fused-ring (bicyclic) bond motifs is 2. The fraction of sp³-hybridized carbons (Fsp3) is 0.684. The molecule has 0 saturated heterocycles. The van der Waals surface area contributed by atoms with Crippen LogP contribution >= 0.6 is 0 Å². The topological polar surface area (TPSA) is 3.24 Å². The lowest BCUT2D eigenvalue weighted by Gasteiger charge is -2.30. The van der Waals surface area contributed by atoms with E-state index in [4.69, 9.17) is 0 Å². The van der Waals surface area contributed by atoms with Crippen molar-refractivity contribution in [3.63, 3.8) is 0 Å². The zero-order chi connectivity index (χ0) is 14.3. The van der Waals surface area contributed by atoms with E-state index in [1.54, 1.807) is 5.57 Å². The summed E-state index contributed by atoms with van der Waals surface area (Å²) in [6.45, 7) is 10.5. The standard InChI is InChI=1S/C19H29N/c1-5-20-13(2)7-6-8-16-11-17(16)12-19-15(4)18(19)10-9-14(20)3/h6,8-9,11,13,15,17-19H,5,7,10,12H2,1-4H3/b8-6-,14-9-/t13-,15?,17?,18?,19+/m1/s1. The number of hydrogen-bond donors (Lipinski definition) is 0. The molecule has 1 heteroatoms. The molecule has 0 radical (unpaired) electrons. The second-order valence-corrected chi connectivity index (χ2v) is 7.05. The monoisotopic (exact) mass is 271 g/mol. The van der Waals surface area contributed by atoms with Crippen LogP contribution < -0.4 is 0 Å². The summed E-state index contributed by atoms with van der Waals surface area (Å²) in [5.74, 6) is 3.67. The number of allylic oxidation sites excluding steroid dienone is 5. The fourth-order valence-corrected chi connectivity index (χ4v) is 4.14. The van der Waals surface area contributed by atoms with Crippen molar-refractivity contribution < 1.29 is 0 Å². The lowest BCUT2D eigenvalue weighted by atomic mass is 10.1. The van der Waals surface area contributed by atoms with Gasteiger partial charge in [0.1, 0.15) is 0 Å². The van der Waals surface area contributed by atoms with E-state index in [9.17, 15) is 0 Å². The van der Waals surface area contributed by atoms with Gasteiger partial charge in [0.15, 0.2) is 0 Å². The molecule has 20 heavy (non-hydrogen) atoms. The molecule has 0 amide bonds. The Bertz CT molecular complexity index is 456. The Morgan fingerprint density at radius 1 is 1.20 bits per heavy atom. The highest BCUT2D eigenvalue weighted by Gasteiger charge is 2.47. The summed E-state index contributed by atoms with van der Waals surface area (Å²) < 4.78 is 0. The van der Waals surface area contributed by atoms with Crippen molar-refractivity contribution in [1.82, 2.24) is 4.90 Å². The van der Waals surface area contributed by atoms with Gasteiger partial charge >= 0.3 is 0 Å². The molecule has 5 atom stereocenters. The van der Waals surface area contributed by atoms with Crippen LogP contribution in [-0.2, 0) is 0 Å². The third-order valence-corrected chi connectivity index (χ3v) is 5.80. The lowest BCUT2D eigenvalue weighted by Crippen LogP contribution is -2.30. The van der Waals surface area contributed by atoms with Crippen LogP contribution in [0, 0.1) is 23.7 Å². The van der Waals surface area contributed by atoms with Crippen LogP contribution in [0.1, 0.15) is 47.0 Å². The zero-order valence-electron chi connectivity index (χ0n) is 13.5. The average molecular weight is 271 g/mol. The smallest absolute Gasteiger partial charge is 0.0292 e. The molecule has 3 rings (SSSR count). The normalized spacial score (nSPS) is 44.6. The van der Waals surface area contributed by atoms with E-state index in [0.29, 0.717) is 6.04 Å². The summed E-state index contributed by atoms with van der Waals surface area (Å²) >= 11 is 0. The molecule has 1 aliphatic heterocycles. The van der Waals surface area contributed by atoms with Gasteiger partial charge in [-0.1, -0.05) is 31.2 Å². The lowest BCUT2D eigenvalue weighted by molar-refractivity contribution is 0.281. The van der Waals surface area contributed by atoms with E-state index in [-0.39, 0.29) is 0 Å².